The van der Waals surface area contributed by atoms with E-state index in [4.69, 9.17) is 14.2 Å². The van der Waals surface area contributed by atoms with Crippen molar-refractivity contribution in [3.05, 3.63) is 12.2 Å². The Morgan fingerprint density at radius 1 is 1.04 bits per heavy atom. The van der Waals surface area contributed by atoms with Gasteiger partial charge in [-0.15, -0.1) is 0 Å². The standard InChI is InChI=1S/C17H24O7/c1-11-10-17(15(20)23-3,16(21)24-4)8-6-5-7-12(9-13(11)18)14(19)22-2/h5-6,11-12H,7-10H2,1-4H3/b6-5+/t11-,12+/m0/s1. The molecule has 0 fully saturated rings. The molecule has 1 rings (SSSR count). The maximum absolute atomic E-state index is 12.4. The van der Waals surface area contributed by atoms with Gasteiger partial charge in [-0.2, -0.15) is 0 Å². The number of allylic oxidation sites excluding steroid dienone is 2. The molecule has 2 atom stereocenters. The SMILES string of the molecule is COC(=O)[C@@H]1C/C=C/CC(C(=O)OC)(C(=O)OC)C[C@H](C)C(=O)C1. The number of ketones is 1. The average molecular weight is 340 g/mol. The molecule has 0 N–H and O–H groups in total. The summed E-state index contributed by atoms with van der Waals surface area (Å²) in [6, 6.07) is 0. The second-order valence-corrected chi connectivity index (χ2v) is 5.97. The lowest BCUT2D eigenvalue weighted by Gasteiger charge is -2.30. The van der Waals surface area contributed by atoms with E-state index in [1.165, 1.54) is 21.3 Å². The molecular weight excluding hydrogens is 316 g/mol. The van der Waals surface area contributed by atoms with Crippen LogP contribution in [0.3, 0.4) is 0 Å². The van der Waals surface area contributed by atoms with Crippen LogP contribution in [-0.2, 0) is 33.4 Å². The fourth-order valence-corrected chi connectivity index (χ4v) is 2.95. The fourth-order valence-electron chi connectivity index (χ4n) is 2.95. The largest absolute Gasteiger partial charge is 0.469 e. The van der Waals surface area contributed by atoms with Crippen LogP contribution in [0.2, 0.25) is 0 Å². The van der Waals surface area contributed by atoms with Gasteiger partial charge in [0.05, 0.1) is 27.2 Å². The molecule has 0 heterocycles. The van der Waals surface area contributed by atoms with Crippen LogP contribution in [0.5, 0.6) is 0 Å². The lowest BCUT2D eigenvalue weighted by molar-refractivity contribution is -0.170. The van der Waals surface area contributed by atoms with Crippen LogP contribution in [0.1, 0.15) is 32.6 Å². The Morgan fingerprint density at radius 2 is 1.62 bits per heavy atom. The highest BCUT2D eigenvalue weighted by Crippen LogP contribution is 2.36. The van der Waals surface area contributed by atoms with E-state index in [0.717, 1.165) is 0 Å². The highest BCUT2D eigenvalue weighted by molar-refractivity contribution is 6.01. The van der Waals surface area contributed by atoms with E-state index in [9.17, 15) is 19.2 Å². The van der Waals surface area contributed by atoms with Crippen LogP contribution >= 0.6 is 0 Å². The Kier molecular flexibility index (Phi) is 7.13. The molecule has 0 saturated carbocycles. The van der Waals surface area contributed by atoms with Gasteiger partial charge in [0.1, 0.15) is 5.78 Å². The predicted molar refractivity (Wildman–Crippen MR) is 83.8 cm³/mol. The first-order chi connectivity index (χ1) is 11.3. The summed E-state index contributed by atoms with van der Waals surface area (Å²) in [5, 5.41) is 0. The summed E-state index contributed by atoms with van der Waals surface area (Å²) in [4.78, 5) is 48.8. The van der Waals surface area contributed by atoms with E-state index in [1.54, 1.807) is 19.1 Å². The molecule has 0 bridgehead atoms. The minimum atomic E-state index is -1.56. The van der Waals surface area contributed by atoms with Crippen molar-refractivity contribution in [1.82, 2.24) is 0 Å². The number of esters is 3. The first-order valence-corrected chi connectivity index (χ1v) is 7.74. The monoisotopic (exact) mass is 340 g/mol. The van der Waals surface area contributed by atoms with Gasteiger partial charge >= 0.3 is 17.9 Å². The van der Waals surface area contributed by atoms with Crippen LogP contribution in [0.25, 0.3) is 0 Å². The number of ether oxygens (including phenoxy) is 3. The predicted octanol–water partition coefficient (Wildman–Crippen LogP) is 1.44. The van der Waals surface area contributed by atoms with E-state index < -0.39 is 35.2 Å². The van der Waals surface area contributed by atoms with E-state index in [0.29, 0.717) is 6.42 Å². The second kappa shape index (κ2) is 8.61. The number of carbonyl (C=O) groups excluding carboxylic acids is 4. The molecule has 0 aromatic rings. The quantitative estimate of drug-likeness (QED) is 0.332. The Balaban J connectivity index is 3.22. The van der Waals surface area contributed by atoms with Crippen molar-refractivity contribution in [3.8, 4) is 0 Å². The van der Waals surface area contributed by atoms with Crippen molar-refractivity contribution in [3.63, 3.8) is 0 Å². The molecule has 0 aliphatic heterocycles. The number of methoxy groups -OCH3 is 3. The Labute approximate surface area is 141 Å². The zero-order chi connectivity index (χ0) is 18.3. The Bertz CT molecular complexity index is 519. The summed E-state index contributed by atoms with van der Waals surface area (Å²) in [7, 11) is 3.66. The van der Waals surface area contributed by atoms with Crippen LogP contribution in [0.4, 0.5) is 0 Å². The molecule has 7 nitrogen and oxygen atoms in total. The van der Waals surface area contributed by atoms with Crippen LogP contribution in [0.15, 0.2) is 12.2 Å². The molecule has 24 heavy (non-hydrogen) atoms. The Hall–Kier alpha value is -2.18. The van der Waals surface area contributed by atoms with Crippen LogP contribution in [-0.4, -0.2) is 45.0 Å². The van der Waals surface area contributed by atoms with E-state index in [2.05, 4.69) is 0 Å². The topological polar surface area (TPSA) is 96.0 Å². The maximum atomic E-state index is 12.4. The number of hydrogen-bond acceptors (Lipinski definition) is 7. The summed E-state index contributed by atoms with van der Waals surface area (Å²) in [5.41, 5.74) is -1.56. The van der Waals surface area contributed by atoms with Crippen molar-refractivity contribution in [2.24, 2.45) is 17.3 Å². The van der Waals surface area contributed by atoms with E-state index in [1.807, 2.05) is 0 Å². The molecule has 0 radical (unpaired) electrons. The normalized spacial score (nSPS) is 25.2. The minimum Gasteiger partial charge on any atom is -0.469 e. The molecule has 7 heteroatoms. The molecule has 134 valence electrons. The smallest absolute Gasteiger partial charge is 0.323 e. The Morgan fingerprint density at radius 3 is 2.12 bits per heavy atom. The van der Waals surface area contributed by atoms with E-state index >= 15 is 0 Å². The molecule has 0 saturated heterocycles. The molecule has 0 amide bonds. The minimum absolute atomic E-state index is 0.00337. The lowest BCUT2D eigenvalue weighted by atomic mass is 9.74. The zero-order valence-electron chi connectivity index (χ0n) is 14.5. The van der Waals surface area contributed by atoms with Crippen molar-refractivity contribution in [2.75, 3.05) is 21.3 Å². The van der Waals surface area contributed by atoms with Gasteiger partial charge in [-0.25, -0.2) is 0 Å². The van der Waals surface area contributed by atoms with Crippen LogP contribution in [0, 0.1) is 17.3 Å². The summed E-state index contributed by atoms with van der Waals surface area (Å²) in [5.74, 6) is -3.30. The number of rotatable bonds is 3. The number of carbonyl (C=O) groups is 4. The van der Waals surface area contributed by atoms with Gasteiger partial charge < -0.3 is 14.2 Å². The van der Waals surface area contributed by atoms with Gasteiger partial charge in [-0.1, -0.05) is 19.1 Å². The van der Waals surface area contributed by atoms with Crippen molar-refractivity contribution >= 4 is 23.7 Å². The average Bonchev–Trinajstić information content (AvgIpc) is 2.59. The maximum Gasteiger partial charge on any atom is 0.323 e. The lowest BCUT2D eigenvalue weighted by Crippen LogP contribution is -2.43. The van der Waals surface area contributed by atoms with Crippen molar-refractivity contribution in [2.45, 2.75) is 32.6 Å². The molecule has 0 unspecified atom stereocenters. The van der Waals surface area contributed by atoms with Gasteiger partial charge in [-0.05, 0) is 19.3 Å². The third-order valence-electron chi connectivity index (χ3n) is 4.39. The van der Waals surface area contributed by atoms with E-state index in [-0.39, 0.29) is 25.0 Å². The molecule has 1 aliphatic carbocycles. The highest BCUT2D eigenvalue weighted by atomic mass is 16.5. The first kappa shape index (κ1) is 19.9. The van der Waals surface area contributed by atoms with Gasteiger partial charge in [0, 0.05) is 12.3 Å². The van der Waals surface area contributed by atoms with Gasteiger partial charge in [0.2, 0.25) is 0 Å². The number of Topliss-reactive ketones (excluding diaryl/α,β-unsaturated/α-hetero) is 1. The molecule has 0 spiro atoms. The van der Waals surface area contributed by atoms with Gasteiger partial charge in [0.25, 0.3) is 0 Å². The number of hydrogen-bond donors (Lipinski definition) is 0. The molecular formula is C17H24O7. The van der Waals surface area contributed by atoms with Crippen molar-refractivity contribution < 1.29 is 33.4 Å². The highest BCUT2D eigenvalue weighted by Gasteiger charge is 2.49. The fraction of sp³-hybridized carbons (Fsp3) is 0.647. The summed E-state index contributed by atoms with van der Waals surface area (Å²) >= 11 is 0. The summed E-state index contributed by atoms with van der Waals surface area (Å²) in [6.45, 7) is 1.63. The first-order valence-electron chi connectivity index (χ1n) is 7.74. The summed E-state index contributed by atoms with van der Waals surface area (Å²) < 4.78 is 14.3. The third kappa shape index (κ3) is 4.21. The van der Waals surface area contributed by atoms with Gasteiger partial charge in [0.15, 0.2) is 5.41 Å². The molecule has 0 aromatic heterocycles. The summed E-state index contributed by atoms with van der Waals surface area (Å²) in [6.07, 6.45) is 3.61. The second-order valence-electron chi connectivity index (χ2n) is 5.97. The third-order valence-corrected chi connectivity index (χ3v) is 4.39. The molecule has 1 aliphatic rings. The van der Waals surface area contributed by atoms with Crippen molar-refractivity contribution in [1.29, 1.82) is 0 Å². The molecule has 0 aromatic carbocycles. The van der Waals surface area contributed by atoms with Crippen LogP contribution < -0.4 is 0 Å². The van der Waals surface area contributed by atoms with Gasteiger partial charge in [-0.3, -0.25) is 19.2 Å². The zero-order valence-corrected chi connectivity index (χ0v) is 14.5.